The lowest BCUT2D eigenvalue weighted by molar-refractivity contribution is -0.325. The molecule has 0 bridgehead atoms. The van der Waals surface area contributed by atoms with Gasteiger partial charge in [0.05, 0.1) is 17.3 Å². The number of aliphatic hydroxyl groups is 4. The first-order valence-corrected chi connectivity index (χ1v) is 10.5. The summed E-state index contributed by atoms with van der Waals surface area (Å²) in [7, 11) is 0. The van der Waals surface area contributed by atoms with Crippen molar-refractivity contribution in [3.63, 3.8) is 0 Å². The smallest absolute Gasteiger partial charge is 0.187 e. The van der Waals surface area contributed by atoms with E-state index in [-0.39, 0.29) is 17.3 Å². The molecule has 0 aromatic heterocycles. The van der Waals surface area contributed by atoms with Gasteiger partial charge in [0.15, 0.2) is 6.29 Å². The van der Waals surface area contributed by atoms with Crippen molar-refractivity contribution in [3.05, 3.63) is 0 Å². The molecule has 6 unspecified atom stereocenters. The zero-order valence-electron chi connectivity index (χ0n) is 17.4. The van der Waals surface area contributed by atoms with Gasteiger partial charge in [-0.05, 0) is 77.0 Å². The summed E-state index contributed by atoms with van der Waals surface area (Å²) in [6.45, 7) is 9.93. The summed E-state index contributed by atoms with van der Waals surface area (Å²) < 4.78 is 11.8. The number of fused-ring (bicyclic) bond motifs is 1. The van der Waals surface area contributed by atoms with E-state index in [2.05, 4.69) is 6.92 Å². The number of hydrogen-bond donors (Lipinski definition) is 4. The maximum absolute atomic E-state index is 11.0. The van der Waals surface area contributed by atoms with Gasteiger partial charge in [-0.1, -0.05) is 13.3 Å². The van der Waals surface area contributed by atoms with E-state index in [0.717, 1.165) is 38.5 Å². The highest BCUT2D eigenvalue weighted by Crippen LogP contribution is 2.57. The SMILES string of the molecule is CC1OC(OC(C)(C)C2CC[C@@]3(C)CCC[C@@](C)(O)[C@@H]3C2)C(O)C(O)C1O. The van der Waals surface area contributed by atoms with Crippen molar-refractivity contribution in [3.8, 4) is 0 Å². The molecule has 0 radical (unpaired) electrons. The minimum absolute atomic E-state index is 0.171. The first-order chi connectivity index (χ1) is 12.4. The van der Waals surface area contributed by atoms with Crippen LogP contribution in [0.3, 0.4) is 0 Å². The highest BCUT2D eigenvalue weighted by Gasteiger charge is 2.54. The van der Waals surface area contributed by atoms with Gasteiger partial charge in [-0.2, -0.15) is 0 Å². The molecule has 6 nitrogen and oxygen atoms in total. The van der Waals surface area contributed by atoms with Crippen LogP contribution in [0.5, 0.6) is 0 Å². The molecule has 1 aliphatic heterocycles. The predicted octanol–water partition coefficient (Wildman–Crippen LogP) is 1.97. The maximum atomic E-state index is 11.0. The third-order valence-corrected chi connectivity index (χ3v) is 7.82. The normalized spacial score (nSPS) is 51.7. The standard InChI is InChI=1S/C21H38O6/c1-12-15(22)16(23)17(24)18(26-12)27-19(2,3)13-7-10-20(4)8-6-9-21(5,25)14(20)11-13/h12-18,22-25H,6-11H2,1-5H3/t12?,13?,14-,15?,16?,17?,18?,20-,21-/m1/s1. The molecule has 27 heavy (non-hydrogen) atoms. The van der Waals surface area contributed by atoms with Gasteiger partial charge in [0.2, 0.25) is 0 Å². The Kier molecular flexibility index (Phi) is 5.74. The Morgan fingerprint density at radius 3 is 2.33 bits per heavy atom. The van der Waals surface area contributed by atoms with Crippen LogP contribution in [0.1, 0.15) is 73.1 Å². The van der Waals surface area contributed by atoms with Crippen molar-refractivity contribution in [2.75, 3.05) is 0 Å². The molecular formula is C21H38O6. The van der Waals surface area contributed by atoms with E-state index in [1.807, 2.05) is 20.8 Å². The lowest BCUT2D eigenvalue weighted by atomic mass is 9.52. The fourth-order valence-corrected chi connectivity index (χ4v) is 5.83. The molecular weight excluding hydrogens is 348 g/mol. The first-order valence-electron chi connectivity index (χ1n) is 10.5. The summed E-state index contributed by atoms with van der Waals surface area (Å²) in [4.78, 5) is 0. The van der Waals surface area contributed by atoms with E-state index in [1.54, 1.807) is 6.92 Å². The summed E-state index contributed by atoms with van der Waals surface area (Å²) in [5, 5.41) is 41.2. The molecule has 1 heterocycles. The first kappa shape index (κ1) is 21.5. The van der Waals surface area contributed by atoms with E-state index < -0.39 is 41.9 Å². The van der Waals surface area contributed by atoms with E-state index in [0.29, 0.717) is 0 Å². The van der Waals surface area contributed by atoms with E-state index in [1.165, 1.54) is 0 Å². The monoisotopic (exact) mass is 386 g/mol. The largest absolute Gasteiger partial charge is 0.390 e. The number of aliphatic hydroxyl groups excluding tert-OH is 3. The molecule has 0 aromatic rings. The average molecular weight is 387 g/mol. The third-order valence-electron chi connectivity index (χ3n) is 7.82. The summed E-state index contributed by atoms with van der Waals surface area (Å²) >= 11 is 0. The molecule has 3 rings (SSSR count). The second kappa shape index (κ2) is 7.22. The Hall–Kier alpha value is -0.240. The molecule has 0 amide bonds. The summed E-state index contributed by atoms with van der Waals surface area (Å²) in [6.07, 6.45) is 0.704. The quantitative estimate of drug-likeness (QED) is 0.592. The van der Waals surface area contributed by atoms with Crippen molar-refractivity contribution in [1.29, 1.82) is 0 Å². The Bertz CT molecular complexity index is 535. The number of hydrogen-bond acceptors (Lipinski definition) is 6. The maximum Gasteiger partial charge on any atom is 0.187 e. The Balaban J connectivity index is 1.72. The van der Waals surface area contributed by atoms with Crippen LogP contribution in [0, 0.1) is 17.3 Å². The fraction of sp³-hybridized carbons (Fsp3) is 1.00. The number of ether oxygens (including phenoxy) is 2. The van der Waals surface area contributed by atoms with Crippen LogP contribution in [0.15, 0.2) is 0 Å². The molecule has 3 fully saturated rings. The zero-order valence-corrected chi connectivity index (χ0v) is 17.4. The van der Waals surface area contributed by atoms with Crippen LogP contribution in [-0.2, 0) is 9.47 Å². The summed E-state index contributed by atoms with van der Waals surface area (Å²) in [5.74, 6) is 0.444. The van der Waals surface area contributed by atoms with Gasteiger partial charge in [-0.3, -0.25) is 0 Å². The van der Waals surface area contributed by atoms with Gasteiger partial charge in [-0.15, -0.1) is 0 Å². The third kappa shape index (κ3) is 3.94. The highest BCUT2D eigenvalue weighted by molar-refractivity contribution is 5.03. The minimum atomic E-state index is -1.29. The molecule has 0 aromatic carbocycles. The summed E-state index contributed by atoms with van der Waals surface area (Å²) in [6, 6.07) is 0. The molecule has 2 aliphatic carbocycles. The molecule has 158 valence electrons. The second-order valence-corrected chi connectivity index (χ2v) is 10.3. The van der Waals surface area contributed by atoms with Crippen molar-refractivity contribution >= 4 is 0 Å². The molecule has 9 atom stereocenters. The summed E-state index contributed by atoms with van der Waals surface area (Å²) in [5.41, 5.74) is -1.07. The Morgan fingerprint density at radius 1 is 1.00 bits per heavy atom. The van der Waals surface area contributed by atoms with E-state index >= 15 is 0 Å². The van der Waals surface area contributed by atoms with Gasteiger partial charge in [0.25, 0.3) is 0 Å². The van der Waals surface area contributed by atoms with E-state index in [9.17, 15) is 20.4 Å². The predicted molar refractivity (Wildman–Crippen MR) is 101 cm³/mol. The van der Waals surface area contributed by atoms with Crippen molar-refractivity contribution in [2.24, 2.45) is 17.3 Å². The van der Waals surface area contributed by atoms with Crippen LogP contribution < -0.4 is 0 Å². The molecule has 2 saturated carbocycles. The van der Waals surface area contributed by atoms with Gasteiger partial charge in [0, 0.05) is 0 Å². The Morgan fingerprint density at radius 2 is 1.67 bits per heavy atom. The van der Waals surface area contributed by atoms with Crippen molar-refractivity contribution in [2.45, 2.75) is 115 Å². The van der Waals surface area contributed by atoms with Crippen LogP contribution in [0.2, 0.25) is 0 Å². The average Bonchev–Trinajstić information content (AvgIpc) is 2.56. The molecule has 1 saturated heterocycles. The van der Waals surface area contributed by atoms with Crippen molar-refractivity contribution in [1.82, 2.24) is 0 Å². The van der Waals surface area contributed by atoms with Gasteiger partial charge in [0.1, 0.15) is 18.3 Å². The van der Waals surface area contributed by atoms with Crippen LogP contribution >= 0.6 is 0 Å². The minimum Gasteiger partial charge on any atom is -0.390 e. The zero-order chi connectivity index (χ0) is 20.2. The van der Waals surface area contributed by atoms with Gasteiger partial charge >= 0.3 is 0 Å². The second-order valence-electron chi connectivity index (χ2n) is 10.3. The molecule has 4 N–H and O–H groups in total. The lowest BCUT2D eigenvalue weighted by Gasteiger charge is -2.56. The molecule has 3 aliphatic rings. The number of rotatable bonds is 3. The lowest BCUT2D eigenvalue weighted by Crippen LogP contribution is -2.60. The van der Waals surface area contributed by atoms with Gasteiger partial charge in [-0.25, -0.2) is 0 Å². The Labute approximate surface area is 162 Å². The fourth-order valence-electron chi connectivity index (χ4n) is 5.83. The van der Waals surface area contributed by atoms with Crippen LogP contribution in [0.25, 0.3) is 0 Å². The van der Waals surface area contributed by atoms with Crippen LogP contribution in [0.4, 0.5) is 0 Å². The topological polar surface area (TPSA) is 99.4 Å². The highest BCUT2D eigenvalue weighted by atomic mass is 16.7. The van der Waals surface area contributed by atoms with Crippen molar-refractivity contribution < 1.29 is 29.9 Å². The van der Waals surface area contributed by atoms with Gasteiger partial charge < -0.3 is 29.9 Å². The van der Waals surface area contributed by atoms with Crippen LogP contribution in [-0.4, -0.2) is 62.3 Å². The van der Waals surface area contributed by atoms with E-state index in [4.69, 9.17) is 9.47 Å². The molecule has 6 heteroatoms. The molecule has 0 spiro atoms.